The fraction of sp³-hybridized carbons (Fsp3) is 0.125. The molecule has 26 heavy (non-hydrogen) atoms. The Kier molecular flexibility index (Phi) is 5.01. The number of aromatic amines is 1. The van der Waals surface area contributed by atoms with E-state index in [-0.39, 0.29) is 11.2 Å². The zero-order valence-electron chi connectivity index (χ0n) is 13.4. The van der Waals surface area contributed by atoms with Gasteiger partial charge in [-0.25, -0.2) is 9.50 Å². The number of carboxylic acid groups (broad SMARTS) is 1. The van der Waals surface area contributed by atoms with Gasteiger partial charge in [0.05, 0.1) is 0 Å². The fourth-order valence-electron chi connectivity index (χ4n) is 2.39. The van der Waals surface area contributed by atoms with Crippen molar-refractivity contribution >= 4 is 40.9 Å². The van der Waals surface area contributed by atoms with Gasteiger partial charge in [0, 0.05) is 16.0 Å². The van der Waals surface area contributed by atoms with Gasteiger partial charge in [0.25, 0.3) is 5.91 Å². The van der Waals surface area contributed by atoms with Crippen molar-refractivity contribution in [3.05, 3.63) is 57.0 Å². The standard InChI is InChI=1S/C16H13ClN4O4S/c1-8-2-9(17)4-10(3-8)26-12-5-11(22)14(15-19-7-20-21(12)15)16(25)18-6-13(23)24/h2-5,7H,6H2,1H3,(H,18,25)(H,19,20)(H,23,24). The Morgan fingerprint density at radius 1 is 1.35 bits per heavy atom. The number of rotatable bonds is 5. The van der Waals surface area contributed by atoms with Crippen LogP contribution in [0.15, 0.2) is 45.3 Å². The molecule has 0 saturated heterocycles. The molecule has 0 aliphatic carbocycles. The van der Waals surface area contributed by atoms with Crippen LogP contribution in [0.3, 0.4) is 0 Å². The molecule has 1 aromatic carbocycles. The summed E-state index contributed by atoms with van der Waals surface area (Å²) in [6.45, 7) is 1.32. The molecule has 0 atom stereocenters. The summed E-state index contributed by atoms with van der Waals surface area (Å²) in [5, 5.41) is 14.8. The number of H-pyrrole nitrogens is 1. The Labute approximate surface area is 156 Å². The van der Waals surface area contributed by atoms with E-state index in [1.165, 1.54) is 28.7 Å². The first kappa shape index (κ1) is 18.0. The van der Waals surface area contributed by atoms with Gasteiger partial charge in [-0.3, -0.25) is 19.5 Å². The predicted molar refractivity (Wildman–Crippen MR) is 96.1 cm³/mol. The highest BCUT2D eigenvalue weighted by atomic mass is 35.5. The molecule has 0 saturated carbocycles. The lowest BCUT2D eigenvalue weighted by atomic mass is 10.2. The van der Waals surface area contributed by atoms with E-state index in [1.54, 1.807) is 6.07 Å². The minimum Gasteiger partial charge on any atom is -0.480 e. The first-order valence-corrected chi connectivity index (χ1v) is 8.59. The summed E-state index contributed by atoms with van der Waals surface area (Å²) in [5.74, 6) is -2.00. The average molecular weight is 393 g/mol. The number of fused-ring (bicyclic) bond motifs is 1. The first-order chi connectivity index (χ1) is 12.3. The highest BCUT2D eigenvalue weighted by molar-refractivity contribution is 7.99. The number of nitrogens with one attached hydrogen (secondary N) is 2. The molecular weight excluding hydrogens is 380 g/mol. The Balaban J connectivity index is 2.03. The third kappa shape index (κ3) is 3.73. The molecule has 0 radical (unpaired) electrons. The normalized spacial score (nSPS) is 10.8. The minimum atomic E-state index is -1.21. The van der Waals surface area contributed by atoms with Gasteiger partial charge in [-0.15, -0.1) is 0 Å². The summed E-state index contributed by atoms with van der Waals surface area (Å²) in [5.41, 5.74) is 0.305. The van der Waals surface area contributed by atoms with E-state index in [0.29, 0.717) is 10.0 Å². The fourth-order valence-corrected chi connectivity index (χ4v) is 3.81. The Hall–Kier alpha value is -2.78. The average Bonchev–Trinajstić information content (AvgIpc) is 3.01. The number of aliphatic carboxylic acids is 1. The number of aromatic nitrogens is 3. The number of carbonyl (C=O) groups excluding carboxylic acids is 1. The van der Waals surface area contributed by atoms with E-state index in [9.17, 15) is 14.4 Å². The number of halogens is 1. The molecule has 0 fully saturated rings. The molecule has 0 spiro atoms. The molecule has 3 aromatic rings. The van der Waals surface area contributed by atoms with Gasteiger partial charge in [0.1, 0.15) is 23.5 Å². The van der Waals surface area contributed by atoms with Crippen molar-refractivity contribution in [2.45, 2.75) is 16.8 Å². The quantitative estimate of drug-likeness (QED) is 0.611. The van der Waals surface area contributed by atoms with Crippen molar-refractivity contribution in [1.82, 2.24) is 19.9 Å². The summed E-state index contributed by atoms with van der Waals surface area (Å²) in [6.07, 6.45) is 1.34. The van der Waals surface area contributed by atoms with Crippen molar-refractivity contribution in [3.8, 4) is 0 Å². The second kappa shape index (κ2) is 7.22. The van der Waals surface area contributed by atoms with Gasteiger partial charge < -0.3 is 10.4 Å². The molecule has 0 aliphatic rings. The van der Waals surface area contributed by atoms with Gasteiger partial charge in [0.15, 0.2) is 11.1 Å². The van der Waals surface area contributed by atoms with Gasteiger partial charge in [-0.1, -0.05) is 23.4 Å². The first-order valence-electron chi connectivity index (χ1n) is 7.39. The van der Waals surface area contributed by atoms with E-state index < -0.39 is 23.9 Å². The summed E-state index contributed by atoms with van der Waals surface area (Å²) in [6, 6.07) is 6.79. The Bertz CT molecular complexity index is 1060. The second-order valence-corrected chi connectivity index (χ2v) is 6.94. The highest BCUT2D eigenvalue weighted by Gasteiger charge is 2.20. The largest absolute Gasteiger partial charge is 0.480 e. The molecule has 10 heteroatoms. The zero-order valence-corrected chi connectivity index (χ0v) is 15.0. The second-order valence-electron chi connectivity index (χ2n) is 5.41. The van der Waals surface area contributed by atoms with Crippen LogP contribution < -0.4 is 10.7 Å². The Morgan fingerprint density at radius 2 is 2.12 bits per heavy atom. The van der Waals surface area contributed by atoms with Crippen molar-refractivity contribution in [2.24, 2.45) is 0 Å². The van der Waals surface area contributed by atoms with Gasteiger partial charge in [0.2, 0.25) is 0 Å². The van der Waals surface area contributed by atoms with Crippen molar-refractivity contribution in [1.29, 1.82) is 0 Å². The lowest BCUT2D eigenvalue weighted by Crippen LogP contribution is -2.33. The number of amides is 1. The van der Waals surface area contributed by atoms with Crippen molar-refractivity contribution < 1.29 is 14.7 Å². The van der Waals surface area contributed by atoms with E-state index in [0.717, 1.165) is 10.5 Å². The van der Waals surface area contributed by atoms with E-state index in [2.05, 4.69) is 15.4 Å². The predicted octanol–water partition coefficient (Wildman–Crippen LogP) is 1.95. The van der Waals surface area contributed by atoms with E-state index in [4.69, 9.17) is 16.7 Å². The third-order valence-electron chi connectivity index (χ3n) is 3.40. The van der Waals surface area contributed by atoms with Gasteiger partial charge in [-0.05, 0) is 30.7 Å². The number of nitrogens with zero attached hydrogens (tertiary/aromatic N) is 2. The molecule has 3 N–H and O–H groups in total. The van der Waals surface area contributed by atoms with E-state index in [1.807, 2.05) is 19.1 Å². The van der Waals surface area contributed by atoms with Crippen LogP contribution in [0.1, 0.15) is 15.9 Å². The maximum Gasteiger partial charge on any atom is 0.322 e. The maximum absolute atomic E-state index is 12.4. The van der Waals surface area contributed by atoms with Crippen LogP contribution >= 0.6 is 23.4 Å². The smallest absolute Gasteiger partial charge is 0.322 e. The number of aryl methyl sites for hydroxylation is 1. The molecular formula is C16H13ClN4O4S. The van der Waals surface area contributed by atoms with Crippen LogP contribution in [0, 0.1) is 6.92 Å². The molecule has 2 heterocycles. The van der Waals surface area contributed by atoms with Crippen LogP contribution in [-0.2, 0) is 4.79 Å². The van der Waals surface area contributed by atoms with Crippen LogP contribution in [0.25, 0.3) is 5.65 Å². The summed E-state index contributed by atoms with van der Waals surface area (Å²) in [7, 11) is 0. The molecule has 0 unspecified atom stereocenters. The van der Waals surface area contributed by atoms with Crippen LogP contribution in [0.4, 0.5) is 0 Å². The molecule has 3 rings (SSSR count). The van der Waals surface area contributed by atoms with Gasteiger partial charge in [-0.2, -0.15) is 0 Å². The number of benzene rings is 1. The lowest BCUT2D eigenvalue weighted by molar-refractivity contribution is -0.135. The summed E-state index contributed by atoms with van der Waals surface area (Å²) < 4.78 is 1.48. The molecule has 0 bridgehead atoms. The third-order valence-corrected chi connectivity index (χ3v) is 4.59. The lowest BCUT2D eigenvalue weighted by Gasteiger charge is -2.09. The van der Waals surface area contributed by atoms with E-state index >= 15 is 0 Å². The summed E-state index contributed by atoms with van der Waals surface area (Å²) in [4.78, 5) is 40.1. The maximum atomic E-state index is 12.4. The number of pyridine rings is 1. The number of hydrogen-bond donors (Lipinski definition) is 3. The molecule has 134 valence electrons. The highest BCUT2D eigenvalue weighted by Crippen LogP contribution is 2.30. The van der Waals surface area contributed by atoms with Crippen LogP contribution in [-0.4, -0.2) is 38.1 Å². The number of hydrogen-bond acceptors (Lipinski definition) is 5. The Morgan fingerprint density at radius 3 is 2.81 bits per heavy atom. The number of carbonyl (C=O) groups is 2. The molecule has 8 nitrogen and oxygen atoms in total. The van der Waals surface area contributed by atoms with Crippen LogP contribution in [0.5, 0.6) is 0 Å². The minimum absolute atomic E-state index is 0.113. The topological polar surface area (TPSA) is 117 Å². The van der Waals surface area contributed by atoms with Gasteiger partial charge >= 0.3 is 5.97 Å². The molecule has 2 aromatic heterocycles. The van der Waals surface area contributed by atoms with Crippen molar-refractivity contribution in [2.75, 3.05) is 6.54 Å². The van der Waals surface area contributed by atoms with Crippen LogP contribution in [0.2, 0.25) is 5.02 Å². The summed E-state index contributed by atoms with van der Waals surface area (Å²) >= 11 is 7.35. The monoisotopic (exact) mass is 392 g/mol. The SMILES string of the molecule is Cc1cc(Cl)cc(Sc2cc(=O)c(C(=O)NCC(=O)O)c3nc[nH]n23)c1. The van der Waals surface area contributed by atoms with Crippen molar-refractivity contribution in [3.63, 3.8) is 0 Å². The molecule has 1 amide bonds. The molecule has 0 aliphatic heterocycles. The zero-order chi connectivity index (χ0) is 18.8. The number of carboxylic acids is 1.